The van der Waals surface area contributed by atoms with Crippen LogP contribution in [0.3, 0.4) is 0 Å². The first-order chi connectivity index (χ1) is 5.25. The standard InChI is InChI=1S/C8H24OSi3/c1-6(2)8(5,12-9-11)7(3,4)10/h6H,12H2,1-5,10-11H3. The van der Waals surface area contributed by atoms with Crippen molar-refractivity contribution in [3.05, 3.63) is 0 Å². The van der Waals surface area contributed by atoms with Crippen molar-refractivity contribution in [1.82, 2.24) is 0 Å². The Labute approximate surface area is 85.6 Å². The largest absolute Gasteiger partial charge is 0.468 e. The van der Waals surface area contributed by atoms with Gasteiger partial charge < -0.3 is 4.12 Å². The van der Waals surface area contributed by atoms with Crippen molar-refractivity contribution in [1.29, 1.82) is 0 Å². The van der Waals surface area contributed by atoms with E-state index in [0.717, 1.165) is 16.4 Å². The fourth-order valence-corrected chi connectivity index (χ4v) is 5.72. The molecular weight excluding hydrogens is 196 g/mol. The van der Waals surface area contributed by atoms with E-state index in [-0.39, 0.29) is 9.76 Å². The molecule has 0 aliphatic carbocycles. The smallest absolute Gasteiger partial charge is 0.152 e. The van der Waals surface area contributed by atoms with E-state index < -0.39 is 0 Å². The molecule has 1 atom stereocenters. The first-order valence-electron chi connectivity index (χ1n) is 4.74. The third-order valence-corrected chi connectivity index (χ3v) is 8.91. The summed E-state index contributed by atoms with van der Waals surface area (Å²) in [6, 6.07) is 0. The van der Waals surface area contributed by atoms with Crippen LogP contribution in [-0.2, 0) is 4.12 Å². The third-order valence-electron chi connectivity index (χ3n) is 3.43. The lowest BCUT2D eigenvalue weighted by Gasteiger charge is -2.44. The maximum atomic E-state index is 5.59. The Morgan fingerprint density at radius 3 is 1.75 bits per heavy atom. The van der Waals surface area contributed by atoms with Gasteiger partial charge in [0.1, 0.15) is 10.5 Å². The number of hydrogen-bond acceptors (Lipinski definition) is 1. The molecule has 12 heavy (non-hydrogen) atoms. The minimum Gasteiger partial charge on any atom is -0.468 e. The summed E-state index contributed by atoms with van der Waals surface area (Å²) in [5.41, 5.74) is 0. The fraction of sp³-hybridized carbons (Fsp3) is 1.00. The molecule has 0 fully saturated rings. The summed E-state index contributed by atoms with van der Waals surface area (Å²) in [4.78, 5) is 0. The summed E-state index contributed by atoms with van der Waals surface area (Å²) in [6.45, 7) is 11.9. The number of rotatable bonds is 4. The Kier molecular flexibility index (Phi) is 4.43. The molecule has 0 heterocycles. The van der Waals surface area contributed by atoms with Crippen LogP contribution >= 0.6 is 0 Å². The van der Waals surface area contributed by atoms with E-state index in [2.05, 4.69) is 34.6 Å². The van der Waals surface area contributed by atoms with Crippen LogP contribution in [0, 0.1) is 5.92 Å². The van der Waals surface area contributed by atoms with Gasteiger partial charge in [0.15, 0.2) is 9.76 Å². The molecule has 74 valence electrons. The highest BCUT2D eigenvalue weighted by Gasteiger charge is 2.40. The maximum Gasteiger partial charge on any atom is 0.152 e. The summed E-state index contributed by atoms with van der Waals surface area (Å²) in [7, 11) is 1.88. The highest BCUT2D eigenvalue weighted by atomic mass is 28.3. The molecule has 0 radical (unpaired) electrons. The van der Waals surface area contributed by atoms with E-state index in [1.165, 1.54) is 10.2 Å². The SMILES string of the molecule is CC(C)C(C)([SiH2]O[SiH3])C(C)(C)[SiH3]. The lowest BCUT2D eigenvalue weighted by atomic mass is 9.85. The average Bonchev–Trinajstić information content (AvgIpc) is 1.85. The van der Waals surface area contributed by atoms with Crippen molar-refractivity contribution in [2.75, 3.05) is 0 Å². The third kappa shape index (κ3) is 2.55. The molecule has 1 unspecified atom stereocenters. The van der Waals surface area contributed by atoms with Crippen LogP contribution < -0.4 is 0 Å². The van der Waals surface area contributed by atoms with E-state index in [1.807, 2.05) is 0 Å². The highest BCUT2D eigenvalue weighted by molar-refractivity contribution is 6.41. The zero-order valence-corrected chi connectivity index (χ0v) is 15.1. The summed E-state index contributed by atoms with van der Waals surface area (Å²) >= 11 is 0. The van der Waals surface area contributed by atoms with Crippen LogP contribution in [0.5, 0.6) is 0 Å². The molecule has 1 nitrogen and oxygen atoms in total. The number of hydrogen-bond donors (Lipinski definition) is 0. The molecule has 0 aliphatic rings. The van der Waals surface area contributed by atoms with Gasteiger partial charge in [-0.25, -0.2) is 0 Å². The molecule has 4 heteroatoms. The lowest BCUT2D eigenvalue weighted by molar-refractivity contribution is 0.329. The molecule has 0 aromatic carbocycles. The minimum atomic E-state index is -0.316. The van der Waals surface area contributed by atoms with Crippen molar-refractivity contribution in [2.45, 2.75) is 44.7 Å². The molecule has 0 aromatic rings. The first-order valence-corrected chi connectivity index (χ1v) is 7.84. The first kappa shape index (κ1) is 12.6. The van der Waals surface area contributed by atoms with Crippen LogP contribution in [0.15, 0.2) is 0 Å². The molecule has 0 bridgehead atoms. The summed E-state index contributed by atoms with van der Waals surface area (Å²) in [5.74, 6) is 0.769. The van der Waals surface area contributed by atoms with Gasteiger partial charge in [0, 0.05) is 10.2 Å². The van der Waals surface area contributed by atoms with Gasteiger partial charge in [0.05, 0.1) is 0 Å². The van der Waals surface area contributed by atoms with E-state index >= 15 is 0 Å². The van der Waals surface area contributed by atoms with Crippen LogP contribution in [0.2, 0.25) is 10.1 Å². The molecule has 0 aromatic heterocycles. The highest BCUT2D eigenvalue weighted by Crippen LogP contribution is 2.53. The van der Waals surface area contributed by atoms with Crippen LogP contribution in [0.1, 0.15) is 34.6 Å². The molecule has 0 saturated carbocycles. The van der Waals surface area contributed by atoms with Crippen molar-refractivity contribution >= 4 is 30.5 Å². The Balaban J connectivity index is 4.62. The van der Waals surface area contributed by atoms with Gasteiger partial charge in [-0.3, -0.25) is 0 Å². The average molecular weight is 221 g/mol. The molecule has 0 spiro atoms. The van der Waals surface area contributed by atoms with E-state index in [9.17, 15) is 0 Å². The topological polar surface area (TPSA) is 9.23 Å². The van der Waals surface area contributed by atoms with E-state index in [4.69, 9.17) is 4.12 Å². The maximum absolute atomic E-state index is 5.59. The second kappa shape index (κ2) is 4.21. The molecule has 0 rings (SSSR count). The zero-order valence-electron chi connectivity index (χ0n) is 9.69. The van der Waals surface area contributed by atoms with Crippen LogP contribution in [0.25, 0.3) is 0 Å². The van der Waals surface area contributed by atoms with Crippen molar-refractivity contribution in [3.63, 3.8) is 0 Å². The molecule has 0 saturated heterocycles. The minimum absolute atomic E-state index is 0.316. The molecule has 0 amide bonds. The van der Waals surface area contributed by atoms with Gasteiger partial charge in [-0.15, -0.1) is 0 Å². The molecular formula is C8H24OSi3. The van der Waals surface area contributed by atoms with Gasteiger partial charge in [0.2, 0.25) is 0 Å². The quantitative estimate of drug-likeness (QED) is 0.595. The normalized spacial score (nSPS) is 19.5. The second-order valence-corrected chi connectivity index (χ2v) is 11.8. The predicted octanol–water partition coefficient (Wildman–Crippen LogP) is -0.234. The van der Waals surface area contributed by atoms with Gasteiger partial charge in [-0.2, -0.15) is 0 Å². The molecule has 0 aliphatic heterocycles. The van der Waals surface area contributed by atoms with Crippen molar-refractivity contribution in [3.8, 4) is 0 Å². The lowest BCUT2D eigenvalue weighted by Crippen LogP contribution is -2.35. The van der Waals surface area contributed by atoms with Crippen molar-refractivity contribution in [2.24, 2.45) is 5.92 Å². The monoisotopic (exact) mass is 220 g/mol. The second-order valence-electron chi connectivity index (χ2n) is 5.26. The van der Waals surface area contributed by atoms with E-state index in [0.29, 0.717) is 10.1 Å². The summed E-state index contributed by atoms with van der Waals surface area (Å²) in [5, 5.41) is 1.03. The molecule has 0 N–H and O–H groups in total. The van der Waals surface area contributed by atoms with Gasteiger partial charge >= 0.3 is 0 Å². The van der Waals surface area contributed by atoms with E-state index in [1.54, 1.807) is 0 Å². The van der Waals surface area contributed by atoms with Crippen LogP contribution in [-0.4, -0.2) is 30.5 Å². The fourth-order valence-electron chi connectivity index (χ4n) is 1.55. The Morgan fingerprint density at radius 1 is 1.25 bits per heavy atom. The Bertz CT molecular complexity index is 142. The predicted molar refractivity (Wildman–Crippen MR) is 66.8 cm³/mol. The van der Waals surface area contributed by atoms with Gasteiger partial charge in [0.25, 0.3) is 0 Å². The summed E-state index contributed by atoms with van der Waals surface area (Å²) < 4.78 is 5.59. The van der Waals surface area contributed by atoms with Crippen molar-refractivity contribution < 1.29 is 4.12 Å². The van der Waals surface area contributed by atoms with Gasteiger partial charge in [-0.05, 0) is 16.0 Å². The Hall–Kier alpha value is 0.611. The zero-order chi connectivity index (χ0) is 9.99. The Morgan fingerprint density at radius 2 is 1.67 bits per heavy atom. The summed E-state index contributed by atoms with van der Waals surface area (Å²) in [6.07, 6.45) is 0. The van der Waals surface area contributed by atoms with Crippen LogP contribution in [0.4, 0.5) is 0 Å². The van der Waals surface area contributed by atoms with Gasteiger partial charge in [-0.1, -0.05) is 34.6 Å².